The molecular weight excluding hydrogens is 232 g/mol. The molecule has 2 N–H and O–H groups in total. The highest BCUT2D eigenvalue weighted by atomic mass is 14.6. The molecule has 0 saturated heterocycles. The summed E-state index contributed by atoms with van der Waals surface area (Å²) in [6.07, 6.45) is 2.75. The largest absolute Gasteiger partial charge is 0.399 e. The summed E-state index contributed by atoms with van der Waals surface area (Å²) in [4.78, 5) is 4.39. The number of hydrogen-bond acceptors (Lipinski definition) is 2. The zero-order valence-corrected chi connectivity index (χ0v) is 10.9. The molecule has 0 saturated carbocycles. The van der Waals surface area contributed by atoms with Gasteiger partial charge in [-0.15, -0.1) is 0 Å². The van der Waals surface area contributed by atoms with Crippen molar-refractivity contribution in [2.45, 2.75) is 13.3 Å². The Balaban J connectivity index is 2.03. The zero-order valence-electron chi connectivity index (χ0n) is 10.9. The Morgan fingerprint density at radius 1 is 1.05 bits per heavy atom. The minimum atomic E-state index is 0.857. The average molecular weight is 248 g/mol. The molecule has 3 aromatic rings. The van der Waals surface area contributed by atoms with E-state index in [1.54, 1.807) is 0 Å². The molecule has 94 valence electrons. The molecule has 1 heterocycles. The van der Waals surface area contributed by atoms with Gasteiger partial charge in [-0.25, -0.2) is 0 Å². The van der Waals surface area contributed by atoms with Crippen LogP contribution in [-0.2, 0) is 6.42 Å². The number of pyridine rings is 1. The molecule has 0 spiro atoms. The second-order valence-corrected chi connectivity index (χ2v) is 4.85. The minimum Gasteiger partial charge on any atom is -0.399 e. The number of nitrogens with zero attached hydrogens (tertiary/aromatic N) is 1. The lowest BCUT2D eigenvalue weighted by atomic mass is 10.00. The van der Waals surface area contributed by atoms with Crippen LogP contribution in [0.1, 0.15) is 16.7 Å². The Kier molecular flexibility index (Phi) is 2.92. The Morgan fingerprint density at radius 2 is 1.89 bits per heavy atom. The monoisotopic (exact) mass is 248 g/mol. The van der Waals surface area contributed by atoms with Gasteiger partial charge in [-0.05, 0) is 48.2 Å². The summed E-state index contributed by atoms with van der Waals surface area (Å²) in [6, 6.07) is 16.6. The second-order valence-electron chi connectivity index (χ2n) is 4.85. The highest BCUT2D eigenvalue weighted by Crippen LogP contribution is 2.21. The lowest BCUT2D eigenvalue weighted by molar-refractivity contribution is 1.19. The van der Waals surface area contributed by atoms with Crippen LogP contribution in [0.4, 0.5) is 5.69 Å². The fourth-order valence-electron chi connectivity index (χ4n) is 2.33. The number of para-hydroxylation sites is 1. The van der Waals surface area contributed by atoms with Crippen LogP contribution < -0.4 is 5.73 Å². The third kappa shape index (κ3) is 2.29. The standard InChI is InChI=1S/C17H16N2/c1-12-6-7-13(11-16(12)18)10-14-8-9-19-17-5-3-2-4-15(14)17/h2-9,11H,10,18H2,1H3. The van der Waals surface area contributed by atoms with Crippen molar-refractivity contribution in [3.05, 3.63) is 71.4 Å². The van der Waals surface area contributed by atoms with E-state index in [4.69, 9.17) is 5.73 Å². The van der Waals surface area contributed by atoms with Gasteiger partial charge in [-0.3, -0.25) is 4.98 Å². The molecule has 0 aliphatic carbocycles. The number of aryl methyl sites for hydroxylation is 1. The fraction of sp³-hybridized carbons (Fsp3) is 0.118. The van der Waals surface area contributed by atoms with Gasteiger partial charge in [0.2, 0.25) is 0 Å². The lowest BCUT2D eigenvalue weighted by Crippen LogP contribution is -1.95. The molecule has 0 bridgehead atoms. The summed E-state index contributed by atoms with van der Waals surface area (Å²) in [5.41, 5.74) is 11.5. The Morgan fingerprint density at radius 3 is 2.74 bits per heavy atom. The summed E-state index contributed by atoms with van der Waals surface area (Å²) in [5, 5.41) is 1.21. The van der Waals surface area contributed by atoms with Crippen molar-refractivity contribution in [3.63, 3.8) is 0 Å². The SMILES string of the molecule is Cc1ccc(Cc2ccnc3ccccc23)cc1N. The van der Waals surface area contributed by atoms with E-state index in [0.29, 0.717) is 0 Å². The van der Waals surface area contributed by atoms with E-state index in [1.807, 2.05) is 25.3 Å². The van der Waals surface area contributed by atoms with Crippen LogP contribution in [0.2, 0.25) is 0 Å². The van der Waals surface area contributed by atoms with E-state index < -0.39 is 0 Å². The summed E-state index contributed by atoms with van der Waals surface area (Å²) in [7, 11) is 0. The molecule has 0 radical (unpaired) electrons. The van der Waals surface area contributed by atoms with Gasteiger partial charge in [-0.1, -0.05) is 30.3 Å². The zero-order chi connectivity index (χ0) is 13.2. The van der Waals surface area contributed by atoms with Crippen molar-refractivity contribution in [2.75, 3.05) is 5.73 Å². The van der Waals surface area contributed by atoms with Crippen LogP contribution in [0.25, 0.3) is 10.9 Å². The van der Waals surface area contributed by atoms with Gasteiger partial charge in [0.25, 0.3) is 0 Å². The highest BCUT2D eigenvalue weighted by molar-refractivity contribution is 5.82. The first kappa shape index (κ1) is 11.7. The van der Waals surface area contributed by atoms with Gasteiger partial charge >= 0.3 is 0 Å². The van der Waals surface area contributed by atoms with Gasteiger partial charge in [0.15, 0.2) is 0 Å². The molecule has 1 aromatic heterocycles. The number of aromatic nitrogens is 1. The third-order valence-corrected chi connectivity index (χ3v) is 3.48. The van der Waals surface area contributed by atoms with Crippen molar-refractivity contribution >= 4 is 16.6 Å². The molecule has 0 aliphatic rings. The van der Waals surface area contributed by atoms with E-state index in [1.165, 1.54) is 16.5 Å². The Bertz CT molecular complexity index is 727. The first-order valence-corrected chi connectivity index (χ1v) is 6.41. The third-order valence-electron chi connectivity index (χ3n) is 3.48. The van der Waals surface area contributed by atoms with Crippen molar-refractivity contribution in [1.82, 2.24) is 4.98 Å². The summed E-state index contributed by atoms with van der Waals surface area (Å²) >= 11 is 0. The summed E-state index contributed by atoms with van der Waals surface area (Å²) in [6.45, 7) is 2.03. The minimum absolute atomic E-state index is 0.857. The number of fused-ring (bicyclic) bond motifs is 1. The van der Waals surface area contributed by atoms with Crippen molar-refractivity contribution in [1.29, 1.82) is 0 Å². The molecule has 3 rings (SSSR count). The topological polar surface area (TPSA) is 38.9 Å². The highest BCUT2D eigenvalue weighted by Gasteiger charge is 2.03. The van der Waals surface area contributed by atoms with Gasteiger partial charge in [0.1, 0.15) is 0 Å². The lowest BCUT2D eigenvalue weighted by Gasteiger charge is -2.08. The van der Waals surface area contributed by atoms with Crippen molar-refractivity contribution < 1.29 is 0 Å². The molecule has 2 heteroatoms. The van der Waals surface area contributed by atoms with Crippen LogP contribution in [0, 0.1) is 6.92 Å². The normalized spacial score (nSPS) is 10.8. The molecule has 0 fully saturated rings. The van der Waals surface area contributed by atoms with Crippen molar-refractivity contribution in [3.8, 4) is 0 Å². The summed E-state index contributed by atoms with van der Waals surface area (Å²) < 4.78 is 0. The number of benzene rings is 2. The maximum atomic E-state index is 5.97. The molecule has 2 aromatic carbocycles. The predicted octanol–water partition coefficient (Wildman–Crippen LogP) is 3.72. The molecular formula is C17H16N2. The van der Waals surface area contributed by atoms with Crippen LogP contribution >= 0.6 is 0 Å². The molecule has 2 nitrogen and oxygen atoms in total. The Labute approximate surface area is 112 Å². The fourth-order valence-corrected chi connectivity index (χ4v) is 2.33. The first-order valence-electron chi connectivity index (χ1n) is 6.41. The molecule has 19 heavy (non-hydrogen) atoms. The van der Waals surface area contributed by atoms with Gasteiger partial charge in [0, 0.05) is 17.3 Å². The summed E-state index contributed by atoms with van der Waals surface area (Å²) in [5.74, 6) is 0. The average Bonchev–Trinajstić information content (AvgIpc) is 2.43. The number of nitrogen functional groups attached to an aromatic ring is 1. The van der Waals surface area contributed by atoms with Crippen molar-refractivity contribution in [2.24, 2.45) is 0 Å². The molecule has 0 unspecified atom stereocenters. The van der Waals surface area contributed by atoms with Crippen LogP contribution in [0.5, 0.6) is 0 Å². The van der Waals surface area contributed by atoms with E-state index in [2.05, 4.69) is 41.4 Å². The number of anilines is 1. The van der Waals surface area contributed by atoms with Gasteiger partial charge < -0.3 is 5.73 Å². The van der Waals surface area contributed by atoms with Gasteiger partial charge in [-0.2, -0.15) is 0 Å². The van der Waals surface area contributed by atoms with E-state index in [0.717, 1.165) is 23.2 Å². The maximum absolute atomic E-state index is 5.97. The molecule has 0 atom stereocenters. The van der Waals surface area contributed by atoms with Crippen LogP contribution in [0.15, 0.2) is 54.7 Å². The van der Waals surface area contributed by atoms with E-state index in [-0.39, 0.29) is 0 Å². The number of rotatable bonds is 2. The number of nitrogens with two attached hydrogens (primary N) is 1. The van der Waals surface area contributed by atoms with Crippen LogP contribution in [0.3, 0.4) is 0 Å². The molecule has 0 aliphatic heterocycles. The van der Waals surface area contributed by atoms with Gasteiger partial charge in [0.05, 0.1) is 5.52 Å². The van der Waals surface area contributed by atoms with Crippen LogP contribution in [-0.4, -0.2) is 4.98 Å². The maximum Gasteiger partial charge on any atom is 0.0704 e. The molecule has 0 amide bonds. The number of hydrogen-bond donors (Lipinski definition) is 1. The predicted molar refractivity (Wildman–Crippen MR) is 80.1 cm³/mol. The van der Waals surface area contributed by atoms with E-state index in [9.17, 15) is 0 Å². The quantitative estimate of drug-likeness (QED) is 0.702. The second kappa shape index (κ2) is 4.73. The smallest absolute Gasteiger partial charge is 0.0704 e. The van der Waals surface area contributed by atoms with E-state index >= 15 is 0 Å². The first-order chi connectivity index (χ1) is 9.24. The Hall–Kier alpha value is -2.35.